The highest BCUT2D eigenvalue weighted by atomic mass is 35.5. The molecule has 11 nitrogen and oxygen atoms in total. The van der Waals surface area contributed by atoms with Gasteiger partial charge in [0.1, 0.15) is 12.4 Å². The average molecular weight is 646 g/mol. The van der Waals surface area contributed by atoms with Gasteiger partial charge in [-0.25, -0.2) is 9.59 Å². The molecule has 242 valence electrons. The average Bonchev–Trinajstić information content (AvgIpc) is 3.33. The smallest absolute Gasteiger partial charge is 0.350 e. The van der Waals surface area contributed by atoms with Crippen LogP contribution >= 0.6 is 11.6 Å². The van der Waals surface area contributed by atoms with Gasteiger partial charge in [0, 0.05) is 55.3 Å². The largest absolute Gasteiger partial charge is 0.488 e. The third-order valence-corrected chi connectivity index (χ3v) is 10.3. The van der Waals surface area contributed by atoms with Crippen LogP contribution in [-0.2, 0) is 11.8 Å². The van der Waals surface area contributed by atoms with Crippen LogP contribution in [0, 0.1) is 6.92 Å². The second-order valence-corrected chi connectivity index (χ2v) is 13.5. The van der Waals surface area contributed by atoms with E-state index in [4.69, 9.17) is 21.3 Å². The van der Waals surface area contributed by atoms with Crippen molar-refractivity contribution in [3.8, 4) is 16.9 Å². The van der Waals surface area contributed by atoms with Crippen LogP contribution in [0.4, 0.5) is 5.82 Å². The van der Waals surface area contributed by atoms with Gasteiger partial charge in [0.2, 0.25) is 5.91 Å². The number of anilines is 1. The number of hydrogen-bond acceptors (Lipinski definition) is 7. The molecule has 12 heteroatoms. The van der Waals surface area contributed by atoms with Gasteiger partial charge in [-0.05, 0) is 70.5 Å². The zero-order valence-electron chi connectivity index (χ0n) is 26.8. The highest BCUT2D eigenvalue weighted by Crippen LogP contribution is 2.49. The number of aromatic amines is 1. The number of halogens is 1. The molecule has 3 aliphatic rings. The monoisotopic (exact) mass is 645 g/mol. The minimum atomic E-state index is -0.337. The Kier molecular flexibility index (Phi) is 7.71. The van der Waals surface area contributed by atoms with Gasteiger partial charge < -0.3 is 24.4 Å². The second-order valence-electron chi connectivity index (χ2n) is 13.1. The highest BCUT2D eigenvalue weighted by molar-refractivity contribution is 6.35. The lowest BCUT2D eigenvalue weighted by Crippen LogP contribution is -2.58. The highest BCUT2D eigenvalue weighted by Gasteiger charge is 2.37. The molecule has 1 unspecified atom stereocenters. The summed E-state index contributed by atoms with van der Waals surface area (Å²) in [5.74, 6) is 0.931. The number of likely N-dealkylation sites (tertiary alicyclic amines) is 1. The van der Waals surface area contributed by atoms with Crippen molar-refractivity contribution in [2.75, 3.05) is 44.2 Å². The fourth-order valence-corrected chi connectivity index (χ4v) is 7.98. The molecule has 46 heavy (non-hydrogen) atoms. The van der Waals surface area contributed by atoms with Crippen LogP contribution in [0.1, 0.15) is 44.7 Å². The summed E-state index contributed by atoms with van der Waals surface area (Å²) in [5, 5.41) is 1.16. The number of fused-ring (bicyclic) bond motifs is 1. The number of rotatable bonds is 5. The first-order valence-corrected chi connectivity index (χ1v) is 16.5. The van der Waals surface area contributed by atoms with Gasteiger partial charge in [-0.2, -0.15) is 4.98 Å². The van der Waals surface area contributed by atoms with Crippen molar-refractivity contribution in [3.63, 3.8) is 0 Å². The number of piperidine rings is 1. The zero-order valence-corrected chi connectivity index (χ0v) is 27.6. The maximum Gasteiger partial charge on any atom is 0.350 e. The Hall–Kier alpha value is -4.09. The Morgan fingerprint density at radius 1 is 1.11 bits per heavy atom. The van der Waals surface area contributed by atoms with Crippen LogP contribution in [-0.4, -0.2) is 86.2 Å². The van der Waals surface area contributed by atoms with Crippen molar-refractivity contribution in [1.29, 1.82) is 0 Å². The van der Waals surface area contributed by atoms with Crippen molar-refractivity contribution in [3.05, 3.63) is 62.4 Å². The molecular weight excluding hydrogens is 606 g/mol. The Bertz CT molecular complexity index is 2010. The first-order valence-electron chi connectivity index (χ1n) is 16.1. The maximum absolute atomic E-state index is 14.2. The van der Waals surface area contributed by atoms with Gasteiger partial charge in [0.25, 0.3) is 0 Å². The first kappa shape index (κ1) is 30.6. The lowest BCUT2D eigenvalue weighted by atomic mass is 9.95. The molecule has 0 bridgehead atoms. The van der Waals surface area contributed by atoms with E-state index in [0.717, 1.165) is 48.0 Å². The van der Waals surface area contributed by atoms with E-state index in [0.29, 0.717) is 59.4 Å². The Morgan fingerprint density at radius 2 is 1.87 bits per heavy atom. The van der Waals surface area contributed by atoms with Gasteiger partial charge in [-0.3, -0.25) is 13.9 Å². The first-order chi connectivity index (χ1) is 22.1. The van der Waals surface area contributed by atoms with Gasteiger partial charge in [0.05, 0.1) is 27.6 Å². The molecular formula is C34H40ClN7O4. The van der Waals surface area contributed by atoms with E-state index in [9.17, 15) is 14.4 Å². The van der Waals surface area contributed by atoms with Crippen LogP contribution in [0.25, 0.3) is 33.1 Å². The van der Waals surface area contributed by atoms with Crippen LogP contribution in [0.2, 0.25) is 5.02 Å². The van der Waals surface area contributed by atoms with Crippen molar-refractivity contribution in [2.45, 2.75) is 58.2 Å². The number of nitrogens with zero attached hydrogens (tertiary/aromatic N) is 6. The predicted molar refractivity (Wildman–Crippen MR) is 181 cm³/mol. The Morgan fingerprint density at radius 3 is 2.61 bits per heavy atom. The van der Waals surface area contributed by atoms with Gasteiger partial charge >= 0.3 is 11.4 Å². The van der Waals surface area contributed by atoms with E-state index < -0.39 is 0 Å². The molecule has 5 heterocycles. The molecule has 7 rings (SSSR count). The number of aryl methyl sites for hydroxylation is 2. The van der Waals surface area contributed by atoms with Crippen molar-refractivity contribution in [1.82, 2.24) is 28.9 Å². The minimum Gasteiger partial charge on any atom is -0.488 e. The Balaban J connectivity index is 1.47. The molecule has 2 saturated heterocycles. The van der Waals surface area contributed by atoms with Crippen LogP contribution < -0.4 is 21.0 Å². The van der Waals surface area contributed by atoms with Crippen molar-refractivity contribution < 1.29 is 9.53 Å². The quantitative estimate of drug-likeness (QED) is 0.324. The number of benzene rings is 2. The number of ether oxygens (including phenoxy) is 1. The molecule has 0 saturated carbocycles. The molecule has 3 atom stereocenters. The molecule has 0 aliphatic carbocycles. The molecule has 1 N–H and O–H groups in total. The Labute approximate surface area is 272 Å². The number of imidazole rings is 1. The fraction of sp³-hybridized carbons (Fsp3) is 0.471. The summed E-state index contributed by atoms with van der Waals surface area (Å²) in [6, 6.07) is 5.27. The molecule has 2 aromatic carbocycles. The fourth-order valence-electron chi connectivity index (χ4n) is 7.69. The number of carbonyl (C=O) groups is 1. The van der Waals surface area contributed by atoms with Crippen LogP contribution in [0.3, 0.4) is 0 Å². The number of nitrogens with one attached hydrogen (secondary N) is 1. The number of aromatic nitrogens is 4. The summed E-state index contributed by atoms with van der Waals surface area (Å²) in [6.07, 6.45) is 4.84. The van der Waals surface area contributed by atoms with Gasteiger partial charge in [-0.15, -0.1) is 0 Å². The van der Waals surface area contributed by atoms with E-state index in [1.165, 1.54) is 12.5 Å². The van der Waals surface area contributed by atoms with Gasteiger partial charge in [-0.1, -0.05) is 30.7 Å². The zero-order chi connectivity index (χ0) is 32.4. The summed E-state index contributed by atoms with van der Waals surface area (Å²) in [7, 11) is 1.73. The standard InChI is InChI=1S/C34H40ClN7O4/c1-6-26(43)40-15-21(4)41(16-20(40)3)32-23-14-24(35)28(27-19(2)10-11-25-30(27)38(5)33(44)36-25)31-29(23)42(34(45)37-32)22(18-46-31)17-39-12-8-7-9-13-39/h6,10-11,14,20-22H,1,7-9,12-13,15-18H2,2-5H3,(H,36,44)/t20-,21+,22?/m1/s1. The molecule has 2 fully saturated rings. The van der Waals surface area contributed by atoms with E-state index in [1.807, 2.05) is 43.5 Å². The topological polar surface area (TPSA) is 109 Å². The molecule has 0 radical (unpaired) electrons. The number of H-pyrrole nitrogens is 1. The summed E-state index contributed by atoms with van der Waals surface area (Å²) in [6.45, 7) is 13.6. The predicted octanol–water partition coefficient (Wildman–Crippen LogP) is 4.24. The number of amides is 1. The van der Waals surface area contributed by atoms with E-state index >= 15 is 0 Å². The molecule has 0 spiro atoms. The van der Waals surface area contributed by atoms with E-state index in [-0.39, 0.29) is 35.4 Å². The summed E-state index contributed by atoms with van der Waals surface area (Å²) in [4.78, 5) is 53.6. The minimum absolute atomic E-state index is 0.116. The van der Waals surface area contributed by atoms with Crippen molar-refractivity contribution in [2.24, 2.45) is 7.05 Å². The summed E-state index contributed by atoms with van der Waals surface area (Å²) >= 11 is 7.24. The second kappa shape index (κ2) is 11.6. The summed E-state index contributed by atoms with van der Waals surface area (Å²) in [5.41, 5.74) is 3.86. The number of piperazine rings is 1. The maximum atomic E-state index is 14.2. The molecule has 1 amide bonds. The number of carbonyl (C=O) groups excluding carboxylic acids is 1. The lowest BCUT2D eigenvalue weighted by molar-refractivity contribution is -0.128. The molecule has 4 aromatic rings. The van der Waals surface area contributed by atoms with E-state index in [1.54, 1.807) is 16.5 Å². The number of hydrogen-bond donors (Lipinski definition) is 1. The SMILES string of the molecule is C=CC(=O)N1C[C@H](C)N(c2nc(=O)n3c4c(c(-c5c(C)ccc6[nH]c(=O)n(C)c56)c(Cl)cc24)OCC3CN2CCCCC2)C[C@H]1C. The van der Waals surface area contributed by atoms with Crippen LogP contribution in [0.15, 0.2) is 40.4 Å². The van der Waals surface area contributed by atoms with Gasteiger partial charge in [0.15, 0.2) is 5.75 Å². The molecule has 3 aliphatic heterocycles. The third kappa shape index (κ3) is 4.82. The van der Waals surface area contributed by atoms with E-state index in [2.05, 4.69) is 21.4 Å². The molecule has 2 aromatic heterocycles. The summed E-state index contributed by atoms with van der Waals surface area (Å²) < 4.78 is 10.1. The van der Waals surface area contributed by atoms with Crippen molar-refractivity contribution >= 4 is 45.3 Å². The normalized spacial score (nSPS) is 22.0. The third-order valence-electron chi connectivity index (χ3n) is 10.0. The lowest BCUT2D eigenvalue weighted by Gasteiger charge is -2.45. The van der Waals surface area contributed by atoms with Crippen LogP contribution in [0.5, 0.6) is 5.75 Å².